The van der Waals surface area contributed by atoms with E-state index in [2.05, 4.69) is 16.0 Å². The third-order valence-corrected chi connectivity index (χ3v) is 1.94. The monoisotopic (exact) mass is 262 g/mol. The standard InChI is InChI=1S/C9H18N4O5/c1-18-6(4-7(14)15)5-13-9(17)12-3-2-11-8(10)16/h6H,2-5H2,1H3,(H,14,15)(H3,10,11,16)(H2,12,13,17). The number of carboxylic acid groups (broad SMARTS) is 1. The highest BCUT2D eigenvalue weighted by molar-refractivity contribution is 5.74. The van der Waals surface area contributed by atoms with Crippen molar-refractivity contribution in [3.63, 3.8) is 0 Å². The Morgan fingerprint density at radius 1 is 1.22 bits per heavy atom. The normalized spacial score (nSPS) is 11.4. The molecule has 0 spiro atoms. The maximum atomic E-state index is 11.2. The van der Waals surface area contributed by atoms with Gasteiger partial charge in [-0.25, -0.2) is 9.59 Å². The van der Waals surface area contributed by atoms with Crippen molar-refractivity contribution in [1.82, 2.24) is 16.0 Å². The highest BCUT2D eigenvalue weighted by atomic mass is 16.5. The van der Waals surface area contributed by atoms with Crippen LogP contribution in [0.4, 0.5) is 9.59 Å². The first kappa shape index (κ1) is 16.0. The number of primary amides is 1. The Balaban J connectivity index is 3.67. The van der Waals surface area contributed by atoms with E-state index in [1.165, 1.54) is 7.11 Å². The number of rotatable bonds is 8. The maximum absolute atomic E-state index is 11.2. The lowest BCUT2D eigenvalue weighted by Crippen LogP contribution is -2.44. The molecule has 0 bridgehead atoms. The predicted molar refractivity (Wildman–Crippen MR) is 62.0 cm³/mol. The summed E-state index contributed by atoms with van der Waals surface area (Å²) in [6.07, 6.45) is -0.781. The van der Waals surface area contributed by atoms with E-state index in [1.807, 2.05) is 0 Å². The molecule has 4 amide bonds. The van der Waals surface area contributed by atoms with E-state index >= 15 is 0 Å². The molecule has 0 saturated heterocycles. The molecule has 104 valence electrons. The SMILES string of the molecule is COC(CNC(=O)NCCNC(N)=O)CC(=O)O. The lowest BCUT2D eigenvalue weighted by molar-refractivity contribution is -0.139. The van der Waals surface area contributed by atoms with Gasteiger partial charge in [0.25, 0.3) is 0 Å². The molecule has 0 aromatic carbocycles. The molecule has 0 aliphatic rings. The van der Waals surface area contributed by atoms with Crippen molar-refractivity contribution in [3.05, 3.63) is 0 Å². The molecule has 6 N–H and O–H groups in total. The fourth-order valence-corrected chi connectivity index (χ4v) is 1.06. The van der Waals surface area contributed by atoms with Crippen molar-refractivity contribution in [2.45, 2.75) is 12.5 Å². The number of hydrogen-bond acceptors (Lipinski definition) is 4. The van der Waals surface area contributed by atoms with E-state index in [-0.39, 0.29) is 26.1 Å². The molecule has 0 radical (unpaired) electrons. The Kier molecular flexibility index (Phi) is 8.03. The predicted octanol–water partition coefficient (Wildman–Crippen LogP) is -1.56. The second kappa shape index (κ2) is 9.05. The van der Waals surface area contributed by atoms with Gasteiger partial charge in [-0.3, -0.25) is 4.79 Å². The topological polar surface area (TPSA) is 143 Å². The van der Waals surface area contributed by atoms with Crippen LogP contribution in [0.15, 0.2) is 0 Å². The largest absolute Gasteiger partial charge is 0.481 e. The summed E-state index contributed by atoms with van der Waals surface area (Å²) in [5.41, 5.74) is 4.82. The zero-order chi connectivity index (χ0) is 14.0. The van der Waals surface area contributed by atoms with Crippen LogP contribution in [0.2, 0.25) is 0 Å². The summed E-state index contributed by atoms with van der Waals surface area (Å²) in [5, 5.41) is 15.7. The van der Waals surface area contributed by atoms with Crippen molar-refractivity contribution >= 4 is 18.0 Å². The van der Waals surface area contributed by atoms with E-state index in [0.29, 0.717) is 0 Å². The first-order valence-corrected chi connectivity index (χ1v) is 5.25. The molecule has 0 rings (SSSR count). The lowest BCUT2D eigenvalue weighted by Gasteiger charge is -2.14. The van der Waals surface area contributed by atoms with Crippen molar-refractivity contribution in [2.24, 2.45) is 5.73 Å². The number of aliphatic carboxylic acids is 1. The van der Waals surface area contributed by atoms with Gasteiger partial charge in [-0.2, -0.15) is 0 Å². The van der Waals surface area contributed by atoms with Crippen LogP contribution in [0.25, 0.3) is 0 Å². The molecule has 0 aromatic rings. The van der Waals surface area contributed by atoms with Crippen LogP contribution in [0.5, 0.6) is 0 Å². The number of amides is 4. The summed E-state index contributed by atoms with van der Waals surface area (Å²) in [4.78, 5) is 32.0. The van der Waals surface area contributed by atoms with E-state index in [4.69, 9.17) is 15.6 Å². The van der Waals surface area contributed by atoms with Crippen LogP contribution in [0.3, 0.4) is 0 Å². The van der Waals surface area contributed by atoms with Gasteiger partial charge in [-0.05, 0) is 0 Å². The minimum Gasteiger partial charge on any atom is -0.481 e. The Morgan fingerprint density at radius 2 is 1.83 bits per heavy atom. The molecule has 1 unspecified atom stereocenters. The Hall–Kier alpha value is -2.03. The molecule has 0 saturated carbocycles. The summed E-state index contributed by atoms with van der Waals surface area (Å²) in [5.74, 6) is -1.00. The number of carboxylic acids is 1. The minimum atomic E-state index is -1.00. The molecule has 0 aliphatic heterocycles. The molecule has 9 heteroatoms. The summed E-state index contributed by atoms with van der Waals surface area (Å²) in [6.45, 7) is 0.509. The molecular formula is C9H18N4O5. The maximum Gasteiger partial charge on any atom is 0.314 e. The van der Waals surface area contributed by atoms with Crippen molar-refractivity contribution in [3.8, 4) is 0 Å². The highest BCUT2D eigenvalue weighted by Gasteiger charge is 2.13. The van der Waals surface area contributed by atoms with Crippen LogP contribution in [-0.2, 0) is 9.53 Å². The number of carbonyl (C=O) groups is 3. The van der Waals surface area contributed by atoms with Gasteiger partial charge < -0.3 is 31.5 Å². The molecule has 0 heterocycles. The first-order valence-electron chi connectivity index (χ1n) is 5.25. The zero-order valence-corrected chi connectivity index (χ0v) is 10.1. The zero-order valence-electron chi connectivity index (χ0n) is 10.1. The molecule has 1 atom stereocenters. The van der Waals surface area contributed by atoms with Gasteiger partial charge in [0, 0.05) is 26.7 Å². The third-order valence-electron chi connectivity index (χ3n) is 1.94. The van der Waals surface area contributed by atoms with Crippen LogP contribution in [0.1, 0.15) is 6.42 Å². The van der Waals surface area contributed by atoms with E-state index < -0.39 is 24.1 Å². The number of methoxy groups -OCH3 is 1. The second-order valence-corrected chi connectivity index (χ2v) is 3.38. The molecular weight excluding hydrogens is 244 g/mol. The number of nitrogens with two attached hydrogens (primary N) is 1. The molecule has 0 aromatic heterocycles. The number of ether oxygens (including phenoxy) is 1. The van der Waals surface area contributed by atoms with Crippen molar-refractivity contribution in [1.29, 1.82) is 0 Å². The molecule has 0 fully saturated rings. The third kappa shape index (κ3) is 9.21. The Morgan fingerprint density at radius 3 is 2.33 bits per heavy atom. The van der Waals surface area contributed by atoms with Gasteiger partial charge in [0.1, 0.15) is 0 Å². The van der Waals surface area contributed by atoms with Gasteiger partial charge in [0.2, 0.25) is 0 Å². The van der Waals surface area contributed by atoms with Crippen molar-refractivity contribution in [2.75, 3.05) is 26.7 Å². The number of hydrogen-bond donors (Lipinski definition) is 5. The number of urea groups is 2. The van der Waals surface area contributed by atoms with Gasteiger partial charge in [-0.15, -0.1) is 0 Å². The fourth-order valence-electron chi connectivity index (χ4n) is 1.06. The van der Waals surface area contributed by atoms with Gasteiger partial charge in [0.15, 0.2) is 0 Å². The van der Waals surface area contributed by atoms with Crippen molar-refractivity contribution < 1.29 is 24.2 Å². The van der Waals surface area contributed by atoms with Gasteiger partial charge in [-0.1, -0.05) is 0 Å². The number of nitrogens with one attached hydrogen (secondary N) is 3. The minimum absolute atomic E-state index is 0.0812. The summed E-state index contributed by atoms with van der Waals surface area (Å²) >= 11 is 0. The number of carbonyl (C=O) groups excluding carboxylic acids is 2. The second-order valence-electron chi connectivity index (χ2n) is 3.38. The average Bonchev–Trinajstić information content (AvgIpc) is 2.29. The van der Waals surface area contributed by atoms with E-state index in [1.54, 1.807) is 0 Å². The Labute approximate surface area is 104 Å². The van der Waals surface area contributed by atoms with Gasteiger partial charge >= 0.3 is 18.0 Å². The molecule has 18 heavy (non-hydrogen) atoms. The van der Waals surface area contributed by atoms with Crippen LogP contribution in [0, 0.1) is 0 Å². The van der Waals surface area contributed by atoms with Crippen LogP contribution < -0.4 is 21.7 Å². The average molecular weight is 262 g/mol. The summed E-state index contributed by atoms with van der Waals surface area (Å²) in [7, 11) is 1.37. The van der Waals surface area contributed by atoms with E-state index in [9.17, 15) is 14.4 Å². The quantitative estimate of drug-likeness (QED) is 0.336. The van der Waals surface area contributed by atoms with Crippen LogP contribution >= 0.6 is 0 Å². The lowest BCUT2D eigenvalue weighted by atomic mass is 10.2. The Bertz CT molecular complexity index is 297. The highest BCUT2D eigenvalue weighted by Crippen LogP contribution is 1.94. The van der Waals surface area contributed by atoms with Crippen LogP contribution in [-0.4, -0.2) is 56.0 Å². The fraction of sp³-hybridized carbons (Fsp3) is 0.667. The smallest absolute Gasteiger partial charge is 0.314 e. The molecule has 9 nitrogen and oxygen atoms in total. The molecule has 0 aliphatic carbocycles. The summed E-state index contributed by atoms with van der Waals surface area (Å²) in [6, 6.07) is -1.15. The first-order chi connectivity index (χ1) is 8.45. The summed E-state index contributed by atoms with van der Waals surface area (Å²) < 4.78 is 4.87. The van der Waals surface area contributed by atoms with Gasteiger partial charge in [0.05, 0.1) is 12.5 Å². The van der Waals surface area contributed by atoms with E-state index in [0.717, 1.165) is 0 Å².